The molecule has 0 amide bonds. The van der Waals surface area contributed by atoms with E-state index >= 15 is 0 Å². The highest BCUT2D eigenvalue weighted by Crippen LogP contribution is 2.43. The third kappa shape index (κ3) is 4.62. The van der Waals surface area contributed by atoms with E-state index in [-0.39, 0.29) is 0 Å². The molecule has 2 aromatic heterocycles. The lowest BCUT2D eigenvalue weighted by Gasteiger charge is -2.25. The van der Waals surface area contributed by atoms with E-state index in [0.29, 0.717) is 16.8 Å². The maximum atomic E-state index is 10.9. The lowest BCUT2D eigenvalue weighted by Crippen LogP contribution is -2.09. The van der Waals surface area contributed by atoms with Gasteiger partial charge in [-0.25, -0.2) is 0 Å². The molecule has 9 aromatic rings. The molecular weight excluding hydrogens is 647 g/mol. The van der Waals surface area contributed by atoms with Crippen LogP contribution in [0.4, 0.5) is 17.1 Å². The minimum atomic E-state index is 0.356. The van der Waals surface area contributed by atoms with Gasteiger partial charge in [-0.1, -0.05) is 97.1 Å². The largest absolute Gasteiger partial charge is 0.312 e. The van der Waals surface area contributed by atoms with E-state index in [4.69, 9.17) is 0 Å². The summed E-state index contributed by atoms with van der Waals surface area (Å²) in [5, 5.41) is 27.4. The molecular formula is C48H31N5. The summed E-state index contributed by atoms with van der Waals surface area (Å²) in [5.41, 5.74) is 10.6. The standard InChI is InChI=1S/C48H31N5/c49-30-40-41(31-50)46(28-27-45(40)52-42-21-11-9-19-37(42)38-20-10-12-22-43(38)52)53-44-26-24-35(51(33-14-3-1-4-15-33)34-16-5-2-6-17-34)29-39(44)48-36-18-8-7-13-32(36)23-25-47(48)53/h1-11,13-21,23-29H,12,22H2. The average molecular weight is 678 g/mol. The Bertz CT molecular complexity index is 2980. The third-order valence-electron chi connectivity index (χ3n) is 10.6. The number of anilines is 3. The predicted octanol–water partition coefficient (Wildman–Crippen LogP) is 12.1. The fourth-order valence-corrected chi connectivity index (χ4v) is 8.40. The summed E-state index contributed by atoms with van der Waals surface area (Å²) < 4.78 is 4.37. The van der Waals surface area contributed by atoms with Crippen LogP contribution in [0.3, 0.4) is 0 Å². The van der Waals surface area contributed by atoms with E-state index in [9.17, 15) is 10.5 Å². The third-order valence-corrected chi connectivity index (χ3v) is 10.6. The predicted molar refractivity (Wildman–Crippen MR) is 217 cm³/mol. The molecule has 0 fully saturated rings. The van der Waals surface area contributed by atoms with E-state index in [1.54, 1.807) is 0 Å². The molecule has 0 aliphatic heterocycles. The van der Waals surface area contributed by atoms with Crippen molar-refractivity contribution in [2.24, 2.45) is 0 Å². The van der Waals surface area contributed by atoms with E-state index in [1.165, 1.54) is 11.3 Å². The van der Waals surface area contributed by atoms with Crippen LogP contribution in [0.5, 0.6) is 0 Å². The van der Waals surface area contributed by atoms with Crippen molar-refractivity contribution in [3.63, 3.8) is 0 Å². The molecule has 0 saturated carbocycles. The molecule has 1 aliphatic rings. The molecule has 0 radical (unpaired) electrons. The van der Waals surface area contributed by atoms with Gasteiger partial charge in [0.1, 0.15) is 12.1 Å². The summed E-state index contributed by atoms with van der Waals surface area (Å²) in [6, 6.07) is 57.5. The SMILES string of the molecule is N#Cc1c(-n2c3c(c4ccccc42)C=CCC3)ccc(-n2c3ccc(N(c4ccccc4)c4ccccc4)cc3c3c4ccccc4ccc32)c1C#N. The number of benzene rings is 7. The van der Waals surface area contributed by atoms with Crippen LogP contribution in [0.15, 0.2) is 158 Å². The first-order valence-electron chi connectivity index (χ1n) is 17.9. The van der Waals surface area contributed by atoms with E-state index < -0.39 is 0 Å². The van der Waals surface area contributed by atoms with Crippen LogP contribution in [0.2, 0.25) is 0 Å². The van der Waals surface area contributed by atoms with Gasteiger partial charge in [-0.15, -0.1) is 0 Å². The zero-order valence-electron chi connectivity index (χ0n) is 28.7. The Morgan fingerprint density at radius 1 is 0.509 bits per heavy atom. The Morgan fingerprint density at radius 3 is 1.83 bits per heavy atom. The van der Waals surface area contributed by atoms with Crippen molar-refractivity contribution in [1.82, 2.24) is 9.13 Å². The summed E-state index contributed by atoms with van der Waals surface area (Å²) in [4.78, 5) is 2.27. The number of nitrogens with zero attached hydrogens (tertiary/aromatic N) is 5. The molecule has 0 bridgehead atoms. The highest BCUT2D eigenvalue weighted by atomic mass is 15.1. The van der Waals surface area contributed by atoms with Crippen LogP contribution in [0.25, 0.3) is 60.9 Å². The fraction of sp³-hybridized carbons (Fsp3) is 0.0417. The van der Waals surface area contributed by atoms with Crippen LogP contribution in [0, 0.1) is 22.7 Å². The number of hydrogen-bond acceptors (Lipinski definition) is 3. The summed E-state index contributed by atoms with van der Waals surface area (Å²) in [6.45, 7) is 0. The summed E-state index contributed by atoms with van der Waals surface area (Å²) in [7, 11) is 0. The Balaban J connectivity index is 1.26. The fourth-order valence-electron chi connectivity index (χ4n) is 8.40. The van der Waals surface area contributed by atoms with Gasteiger partial charge in [0, 0.05) is 44.5 Å². The van der Waals surface area contributed by atoms with Crippen LogP contribution < -0.4 is 4.90 Å². The molecule has 0 saturated heterocycles. The number of nitriles is 2. The zero-order valence-corrected chi connectivity index (χ0v) is 28.7. The molecule has 1 aliphatic carbocycles. The number of hydrogen-bond donors (Lipinski definition) is 0. The monoisotopic (exact) mass is 677 g/mol. The topological polar surface area (TPSA) is 60.7 Å². The summed E-state index contributed by atoms with van der Waals surface area (Å²) in [5.74, 6) is 0. The first-order valence-corrected chi connectivity index (χ1v) is 17.9. The van der Waals surface area contributed by atoms with Gasteiger partial charge in [0.25, 0.3) is 0 Å². The average Bonchev–Trinajstić information content (AvgIpc) is 3.74. The molecule has 5 nitrogen and oxygen atoms in total. The van der Waals surface area contributed by atoms with Gasteiger partial charge in [-0.2, -0.15) is 10.5 Å². The molecule has 0 atom stereocenters. The van der Waals surface area contributed by atoms with Crippen molar-refractivity contribution < 1.29 is 0 Å². The van der Waals surface area contributed by atoms with Crippen molar-refractivity contribution in [3.05, 3.63) is 180 Å². The minimum Gasteiger partial charge on any atom is -0.312 e. The van der Waals surface area contributed by atoms with Crippen LogP contribution >= 0.6 is 0 Å². The lowest BCUT2D eigenvalue weighted by molar-refractivity contribution is 0.886. The lowest BCUT2D eigenvalue weighted by atomic mass is 10.0. The molecule has 248 valence electrons. The van der Waals surface area contributed by atoms with Crippen molar-refractivity contribution in [2.75, 3.05) is 4.90 Å². The zero-order chi connectivity index (χ0) is 35.5. The quantitative estimate of drug-likeness (QED) is 0.182. The van der Waals surface area contributed by atoms with Gasteiger partial charge in [-0.3, -0.25) is 0 Å². The molecule has 0 N–H and O–H groups in total. The van der Waals surface area contributed by atoms with Gasteiger partial charge in [0.2, 0.25) is 0 Å². The Morgan fingerprint density at radius 2 is 1.11 bits per heavy atom. The van der Waals surface area contributed by atoms with Gasteiger partial charge in [0.15, 0.2) is 0 Å². The molecule has 53 heavy (non-hydrogen) atoms. The maximum Gasteiger partial charge on any atom is 0.103 e. The number of rotatable bonds is 5. The molecule has 0 spiro atoms. The van der Waals surface area contributed by atoms with Gasteiger partial charge < -0.3 is 14.0 Å². The van der Waals surface area contributed by atoms with Crippen LogP contribution in [0.1, 0.15) is 28.8 Å². The van der Waals surface area contributed by atoms with E-state index in [1.807, 2.05) is 30.3 Å². The Hall–Kier alpha value is -7.34. The van der Waals surface area contributed by atoms with Crippen LogP contribution in [-0.4, -0.2) is 9.13 Å². The first-order chi connectivity index (χ1) is 26.2. The number of allylic oxidation sites excluding steroid dienone is 1. The van der Waals surface area contributed by atoms with Gasteiger partial charge in [0.05, 0.1) is 39.1 Å². The minimum absolute atomic E-state index is 0.356. The highest BCUT2D eigenvalue weighted by Gasteiger charge is 2.25. The number of aromatic nitrogens is 2. The molecule has 0 unspecified atom stereocenters. The van der Waals surface area contributed by atoms with Gasteiger partial charge in [-0.05, 0) is 90.3 Å². The number of para-hydroxylation sites is 3. The van der Waals surface area contributed by atoms with Crippen LogP contribution in [-0.2, 0) is 6.42 Å². The second kappa shape index (κ2) is 12.2. The molecule has 2 heterocycles. The van der Waals surface area contributed by atoms with E-state index in [0.717, 1.165) is 79.1 Å². The smallest absolute Gasteiger partial charge is 0.103 e. The second-order valence-electron chi connectivity index (χ2n) is 13.5. The summed E-state index contributed by atoms with van der Waals surface area (Å²) in [6.07, 6.45) is 6.19. The first kappa shape index (κ1) is 30.5. The van der Waals surface area contributed by atoms with Crippen molar-refractivity contribution >= 4 is 66.6 Å². The van der Waals surface area contributed by atoms with E-state index in [2.05, 4.69) is 160 Å². The number of fused-ring (bicyclic) bond motifs is 8. The Labute approximate surface area is 306 Å². The normalized spacial score (nSPS) is 12.3. The second-order valence-corrected chi connectivity index (χ2v) is 13.5. The van der Waals surface area contributed by atoms with Crippen molar-refractivity contribution in [2.45, 2.75) is 12.8 Å². The maximum absolute atomic E-state index is 10.9. The van der Waals surface area contributed by atoms with Crippen molar-refractivity contribution in [1.29, 1.82) is 10.5 Å². The molecule has 7 aromatic carbocycles. The highest BCUT2D eigenvalue weighted by molar-refractivity contribution is 6.22. The van der Waals surface area contributed by atoms with Gasteiger partial charge >= 0.3 is 0 Å². The molecule has 10 rings (SSSR count). The Kier molecular flexibility index (Phi) is 7.00. The summed E-state index contributed by atoms with van der Waals surface area (Å²) >= 11 is 0. The van der Waals surface area contributed by atoms with Crippen molar-refractivity contribution in [3.8, 4) is 23.5 Å². The molecule has 5 heteroatoms.